The maximum absolute atomic E-state index is 11.9. The molecule has 2 rings (SSSR count). The van der Waals surface area contributed by atoms with Gasteiger partial charge in [0.05, 0.1) is 11.2 Å². The average Bonchev–Trinajstić information content (AvgIpc) is 2.55. The molecular weight excluding hydrogens is 244 g/mol. The second-order valence-electron chi connectivity index (χ2n) is 5.68. The Labute approximate surface area is 113 Å². The molecule has 1 aromatic rings. The number of hydrogen-bond donors (Lipinski definition) is 0. The van der Waals surface area contributed by atoms with Gasteiger partial charge in [0, 0.05) is 0 Å². The summed E-state index contributed by atoms with van der Waals surface area (Å²) in [6.07, 6.45) is -0.268. The highest BCUT2D eigenvalue weighted by molar-refractivity contribution is 5.89. The summed E-state index contributed by atoms with van der Waals surface area (Å²) in [5.74, 6) is -0.988. The van der Waals surface area contributed by atoms with Crippen LogP contribution in [-0.2, 0) is 14.2 Å². The molecule has 0 spiro atoms. The fraction of sp³-hybridized carbons (Fsp3) is 0.533. The largest absolute Gasteiger partial charge is 0.459 e. The van der Waals surface area contributed by atoms with Crippen LogP contribution in [0.5, 0.6) is 0 Å². The van der Waals surface area contributed by atoms with E-state index in [-0.39, 0.29) is 18.7 Å². The molecule has 1 aliphatic rings. The van der Waals surface area contributed by atoms with E-state index >= 15 is 0 Å². The molecule has 1 atom stereocenters. The van der Waals surface area contributed by atoms with E-state index in [1.807, 2.05) is 33.8 Å². The van der Waals surface area contributed by atoms with Crippen LogP contribution >= 0.6 is 0 Å². The Bertz CT molecular complexity index is 450. The molecule has 104 valence electrons. The minimum atomic E-state index is -0.646. The van der Waals surface area contributed by atoms with Crippen molar-refractivity contribution in [2.75, 3.05) is 6.61 Å². The topological polar surface area (TPSA) is 44.8 Å². The molecule has 4 nitrogen and oxygen atoms in total. The minimum Gasteiger partial charge on any atom is -0.459 e. The van der Waals surface area contributed by atoms with E-state index in [0.717, 1.165) is 0 Å². The van der Waals surface area contributed by atoms with Crippen molar-refractivity contribution < 1.29 is 19.0 Å². The third-order valence-electron chi connectivity index (χ3n) is 3.09. The number of rotatable bonds is 3. The first-order chi connectivity index (χ1) is 8.80. The van der Waals surface area contributed by atoms with Gasteiger partial charge < -0.3 is 14.2 Å². The number of ether oxygens (including phenoxy) is 3. The predicted molar refractivity (Wildman–Crippen MR) is 70.8 cm³/mol. The maximum atomic E-state index is 11.9. The lowest BCUT2D eigenvalue weighted by atomic mass is 10.0. The number of carbonyl (C=O) groups is 1. The molecule has 0 aromatic heterocycles. The van der Waals surface area contributed by atoms with E-state index in [1.54, 1.807) is 24.3 Å². The summed E-state index contributed by atoms with van der Waals surface area (Å²) >= 11 is 0. The summed E-state index contributed by atoms with van der Waals surface area (Å²) in [5.41, 5.74) is 0.0685. The molecule has 0 aliphatic carbocycles. The van der Waals surface area contributed by atoms with Crippen LogP contribution in [0.25, 0.3) is 0 Å². The molecule has 1 heterocycles. The van der Waals surface area contributed by atoms with Gasteiger partial charge in [0.1, 0.15) is 12.7 Å². The zero-order valence-corrected chi connectivity index (χ0v) is 11.8. The van der Waals surface area contributed by atoms with Gasteiger partial charge in [-0.2, -0.15) is 0 Å². The van der Waals surface area contributed by atoms with E-state index in [1.165, 1.54) is 0 Å². The molecule has 0 radical (unpaired) electrons. The molecule has 19 heavy (non-hydrogen) atoms. The van der Waals surface area contributed by atoms with Gasteiger partial charge in [-0.15, -0.1) is 0 Å². The summed E-state index contributed by atoms with van der Waals surface area (Å²) in [4.78, 5) is 11.9. The van der Waals surface area contributed by atoms with Crippen LogP contribution in [0.2, 0.25) is 0 Å². The van der Waals surface area contributed by atoms with Crippen LogP contribution in [0.1, 0.15) is 38.1 Å². The molecule has 0 N–H and O–H groups in total. The van der Waals surface area contributed by atoms with Gasteiger partial charge >= 0.3 is 5.97 Å². The SMILES string of the molecule is CC1(C)O[C@@H](COC(=O)c2ccccc2)C(C)(C)O1. The average molecular weight is 264 g/mol. The summed E-state index contributed by atoms with van der Waals surface area (Å²) in [5, 5.41) is 0. The Balaban J connectivity index is 1.95. The van der Waals surface area contributed by atoms with Crippen molar-refractivity contribution in [3.8, 4) is 0 Å². The lowest BCUT2D eigenvalue weighted by Crippen LogP contribution is -2.37. The molecule has 4 heteroatoms. The van der Waals surface area contributed by atoms with Gasteiger partial charge in [0.15, 0.2) is 5.79 Å². The maximum Gasteiger partial charge on any atom is 0.338 e. The van der Waals surface area contributed by atoms with Gasteiger partial charge in [-0.1, -0.05) is 18.2 Å². The number of hydrogen-bond acceptors (Lipinski definition) is 4. The molecule has 0 saturated carbocycles. The monoisotopic (exact) mass is 264 g/mol. The second kappa shape index (κ2) is 4.94. The fourth-order valence-corrected chi connectivity index (χ4v) is 2.25. The molecular formula is C15H20O4. The van der Waals surface area contributed by atoms with Crippen LogP contribution in [0.15, 0.2) is 30.3 Å². The van der Waals surface area contributed by atoms with E-state index < -0.39 is 11.4 Å². The van der Waals surface area contributed by atoms with Crippen LogP contribution < -0.4 is 0 Å². The first kappa shape index (κ1) is 14.0. The highest BCUT2D eigenvalue weighted by atomic mass is 16.8. The molecule has 1 saturated heterocycles. The lowest BCUT2D eigenvalue weighted by Gasteiger charge is -2.23. The van der Waals surface area contributed by atoms with E-state index in [9.17, 15) is 4.79 Å². The van der Waals surface area contributed by atoms with Crippen molar-refractivity contribution in [1.29, 1.82) is 0 Å². The van der Waals surface area contributed by atoms with Crippen molar-refractivity contribution in [3.63, 3.8) is 0 Å². The summed E-state index contributed by atoms with van der Waals surface area (Å²) in [7, 11) is 0. The minimum absolute atomic E-state index is 0.185. The summed E-state index contributed by atoms with van der Waals surface area (Å²) in [6, 6.07) is 8.92. The van der Waals surface area contributed by atoms with Gasteiger partial charge in [-0.25, -0.2) is 4.79 Å². The molecule has 0 bridgehead atoms. The van der Waals surface area contributed by atoms with Crippen molar-refractivity contribution in [3.05, 3.63) is 35.9 Å². The summed E-state index contributed by atoms with van der Waals surface area (Å²) in [6.45, 7) is 7.76. The van der Waals surface area contributed by atoms with Crippen molar-refractivity contribution in [2.45, 2.75) is 45.2 Å². The molecule has 1 aromatic carbocycles. The van der Waals surface area contributed by atoms with Gasteiger partial charge in [0.25, 0.3) is 0 Å². The Morgan fingerprint density at radius 3 is 2.37 bits per heavy atom. The Kier molecular flexibility index (Phi) is 3.65. The van der Waals surface area contributed by atoms with E-state index in [4.69, 9.17) is 14.2 Å². The van der Waals surface area contributed by atoms with Gasteiger partial charge in [-0.3, -0.25) is 0 Å². The number of carbonyl (C=O) groups excluding carboxylic acids is 1. The highest BCUT2D eigenvalue weighted by Gasteiger charge is 2.47. The van der Waals surface area contributed by atoms with E-state index in [0.29, 0.717) is 5.56 Å². The first-order valence-electron chi connectivity index (χ1n) is 6.40. The lowest BCUT2D eigenvalue weighted by molar-refractivity contribution is -0.159. The van der Waals surface area contributed by atoms with Crippen LogP contribution in [0.4, 0.5) is 0 Å². The third kappa shape index (κ3) is 3.33. The third-order valence-corrected chi connectivity index (χ3v) is 3.09. The Morgan fingerprint density at radius 2 is 1.84 bits per heavy atom. The molecule has 1 fully saturated rings. The van der Waals surface area contributed by atoms with Crippen LogP contribution in [-0.4, -0.2) is 30.1 Å². The standard InChI is InChI=1S/C15H20O4/c1-14(2)12(18-15(3,4)19-14)10-17-13(16)11-8-6-5-7-9-11/h5-9,12H,10H2,1-4H3/t12-/m0/s1. The van der Waals surface area contributed by atoms with E-state index in [2.05, 4.69) is 0 Å². The normalized spacial score (nSPS) is 24.1. The zero-order valence-electron chi connectivity index (χ0n) is 11.8. The quantitative estimate of drug-likeness (QED) is 0.787. The predicted octanol–water partition coefficient (Wildman–Crippen LogP) is 2.77. The first-order valence-corrected chi connectivity index (χ1v) is 6.40. The Hall–Kier alpha value is -1.39. The van der Waals surface area contributed by atoms with Gasteiger partial charge in [-0.05, 0) is 39.8 Å². The highest BCUT2D eigenvalue weighted by Crippen LogP contribution is 2.36. The Morgan fingerprint density at radius 1 is 1.21 bits per heavy atom. The van der Waals surface area contributed by atoms with Crippen molar-refractivity contribution in [1.82, 2.24) is 0 Å². The molecule has 1 aliphatic heterocycles. The van der Waals surface area contributed by atoms with Crippen LogP contribution in [0, 0.1) is 0 Å². The van der Waals surface area contributed by atoms with Crippen LogP contribution in [0.3, 0.4) is 0 Å². The summed E-state index contributed by atoms with van der Waals surface area (Å²) < 4.78 is 16.8. The number of benzene rings is 1. The van der Waals surface area contributed by atoms with Crippen molar-refractivity contribution >= 4 is 5.97 Å². The molecule has 0 amide bonds. The second-order valence-corrected chi connectivity index (χ2v) is 5.68. The number of esters is 1. The molecule has 0 unspecified atom stereocenters. The van der Waals surface area contributed by atoms with Gasteiger partial charge in [0.2, 0.25) is 0 Å². The fourth-order valence-electron chi connectivity index (χ4n) is 2.25. The zero-order chi connectivity index (χ0) is 14.1. The van der Waals surface area contributed by atoms with Crippen molar-refractivity contribution in [2.24, 2.45) is 0 Å². The smallest absolute Gasteiger partial charge is 0.338 e.